The first kappa shape index (κ1) is 45.5. The van der Waals surface area contributed by atoms with Gasteiger partial charge in [-0.1, -0.05) is 149 Å². The van der Waals surface area contributed by atoms with Crippen LogP contribution in [0.1, 0.15) is 27.7 Å². The second-order valence-electron chi connectivity index (χ2n) is 13.8. The van der Waals surface area contributed by atoms with Gasteiger partial charge in [0.2, 0.25) is 0 Å². The SMILES string of the molecule is CC(C)([C]1[CH][CH][CH][C]1[C]1[CH][CH][CH][C]1C(C)(C)P(c1ccccc1)c1ccccc1)P(c1ccccc1)c1ccccc1.[CH]1[CH][CH][CH][CH]1.[CH]1[CH][CH][CH][CH]1.[Fe].[Fe]. The second kappa shape index (κ2) is 22.6. The minimum atomic E-state index is -0.655. The van der Waals surface area contributed by atoms with Crippen LogP contribution in [-0.4, -0.2) is 10.3 Å². The zero-order valence-corrected chi connectivity index (χ0v) is 35.4. The van der Waals surface area contributed by atoms with Gasteiger partial charge in [-0.3, -0.25) is 0 Å². The molecule has 0 aliphatic heterocycles. The van der Waals surface area contributed by atoms with E-state index in [2.05, 4.69) is 188 Å². The molecule has 0 N–H and O–H groups in total. The zero-order valence-electron chi connectivity index (χ0n) is 31.4. The van der Waals surface area contributed by atoms with Gasteiger partial charge in [0.05, 0.1) is 0 Å². The molecule has 20 radical (unpaired) electrons. The Morgan fingerprint density at radius 1 is 0.296 bits per heavy atom. The topological polar surface area (TPSA) is 0 Å². The normalized spacial score (nSPS) is 18.4. The van der Waals surface area contributed by atoms with Crippen LogP contribution >= 0.6 is 15.8 Å². The largest absolute Gasteiger partial charge is 0.0622 e. The first-order valence-electron chi connectivity index (χ1n) is 18.1. The van der Waals surface area contributed by atoms with Crippen molar-refractivity contribution in [3.63, 3.8) is 0 Å². The standard InChI is InChI=1S/C40H38P2.2C5H5.2Fe/c1-39(2,41(31-19-9-5-10-20-31)32-21-11-6-12-22-32)37-29-17-27-35(37)36-28-18-30-38(36)40(3,4)42(33-23-13-7-14-24-33)34-25-15-8-16-26-34;2*1-2-4-5-3-1;;/h5-30H,1-4H3;2*1-5H;;. The third-order valence-corrected chi connectivity index (χ3v) is 15.5. The van der Waals surface area contributed by atoms with E-state index in [1.54, 1.807) is 0 Å². The molecule has 54 heavy (non-hydrogen) atoms. The molecule has 0 aromatic heterocycles. The third kappa shape index (κ3) is 11.5. The minimum absolute atomic E-state index is 0. The molecular weight excluding hydrogens is 774 g/mol. The molecule has 4 heteroatoms. The summed E-state index contributed by atoms with van der Waals surface area (Å²) in [7, 11) is -1.31. The summed E-state index contributed by atoms with van der Waals surface area (Å²) in [6.07, 6.45) is 34.0. The van der Waals surface area contributed by atoms with Crippen LogP contribution in [0.25, 0.3) is 0 Å². The Hall–Kier alpha value is -1.22. The van der Waals surface area contributed by atoms with Crippen molar-refractivity contribution >= 4 is 37.1 Å². The molecule has 274 valence electrons. The average molecular weight is 823 g/mol. The molecule has 0 unspecified atom stereocenters. The molecule has 4 fully saturated rings. The van der Waals surface area contributed by atoms with Crippen molar-refractivity contribution in [3.05, 3.63) is 248 Å². The Bertz CT molecular complexity index is 1350. The van der Waals surface area contributed by atoms with E-state index in [-0.39, 0.29) is 44.4 Å². The van der Waals surface area contributed by atoms with Crippen molar-refractivity contribution < 1.29 is 34.1 Å². The Morgan fingerprint density at radius 3 is 0.741 bits per heavy atom. The van der Waals surface area contributed by atoms with Crippen LogP contribution in [0.5, 0.6) is 0 Å². The summed E-state index contributed by atoms with van der Waals surface area (Å²) in [6.45, 7) is 9.80. The van der Waals surface area contributed by atoms with Gasteiger partial charge in [0.1, 0.15) is 0 Å². The fraction of sp³-hybridized carbons (Fsp3) is 0.120. The van der Waals surface area contributed by atoms with Crippen molar-refractivity contribution in [1.82, 2.24) is 0 Å². The van der Waals surface area contributed by atoms with E-state index in [4.69, 9.17) is 0 Å². The van der Waals surface area contributed by atoms with Crippen molar-refractivity contribution in [2.24, 2.45) is 0 Å². The summed E-state index contributed by atoms with van der Waals surface area (Å²) in [5, 5.41) is 5.48. The summed E-state index contributed by atoms with van der Waals surface area (Å²) in [4.78, 5) is 0. The molecule has 4 aromatic rings. The summed E-state index contributed by atoms with van der Waals surface area (Å²) in [6, 6.07) is 44.5. The van der Waals surface area contributed by atoms with E-state index in [0.29, 0.717) is 0 Å². The Morgan fingerprint density at radius 2 is 0.519 bits per heavy atom. The molecule has 0 spiro atoms. The van der Waals surface area contributed by atoms with Crippen molar-refractivity contribution in [3.8, 4) is 0 Å². The quantitative estimate of drug-likeness (QED) is 0.117. The Balaban J connectivity index is 0.000000470. The van der Waals surface area contributed by atoms with E-state index in [1.807, 2.05) is 64.2 Å². The van der Waals surface area contributed by atoms with Crippen LogP contribution in [0, 0.1) is 126 Å². The van der Waals surface area contributed by atoms with Crippen LogP contribution < -0.4 is 21.2 Å². The van der Waals surface area contributed by atoms with Gasteiger partial charge >= 0.3 is 0 Å². The van der Waals surface area contributed by atoms with Crippen LogP contribution in [0.3, 0.4) is 0 Å². The maximum absolute atomic E-state index is 2.45. The van der Waals surface area contributed by atoms with Gasteiger partial charge in [-0.15, -0.1) is 0 Å². The zero-order chi connectivity index (χ0) is 36.2. The number of hydrogen-bond acceptors (Lipinski definition) is 0. The van der Waals surface area contributed by atoms with Crippen LogP contribution in [0.2, 0.25) is 0 Å². The molecule has 0 bridgehead atoms. The van der Waals surface area contributed by atoms with Crippen LogP contribution in [-0.2, 0) is 34.1 Å². The van der Waals surface area contributed by atoms with Crippen molar-refractivity contribution in [1.29, 1.82) is 0 Å². The fourth-order valence-electron chi connectivity index (χ4n) is 7.16. The Kier molecular flexibility index (Phi) is 19.1. The second-order valence-corrected chi connectivity index (χ2v) is 19.4. The molecule has 0 nitrogen and oxygen atoms in total. The molecule has 4 aliphatic carbocycles. The van der Waals surface area contributed by atoms with Gasteiger partial charge in [0.15, 0.2) is 0 Å². The maximum Gasteiger partial charge on any atom is 0.0000172 e. The van der Waals surface area contributed by atoms with Crippen LogP contribution in [0.4, 0.5) is 0 Å². The van der Waals surface area contributed by atoms with Crippen LogP contribution in [0.15, 0.2) is 121 Å². The van der Waals surface area contributed by atoms with Gasteiger partial charge in [-0.25, -0.2) is 0 Å². The number of hydrogen-bond donors (Lipinski definition) is 0. The predicted molar refractivity (Wildman–Crippen MR) is 228 cm³/mol. The van der Waals surface area contributed by atoms with Crippen molar-refractivity contribution in [2.45, 2.75) is 38.0 Å². The first-order valence-corrected chi connectivity index (χ1v) is 20.7. The maximum atomic E-state index is 2.45. The Labute approximate surface area is 354 Å². The summed E-state index contributed by atoms with van der Waals surface area (Å²) >= 11 is 0. The van der Waals surface area contributed by atoms with E-state index in [1.165, 1.54) is 44.9 Å². The minimum Gasteiger partial charge on any atom is -0.0622 e. The summed E-state index contributed by atoms with van der Waals surface area (Å²) < 4.78 is 0. The van der Waals surface area contributed by atoms with Crippen molar-refractivity contribution in [2.75, 3.05) is 0 Å². The molecule has 0 amide bonds. The number of rotatable bonds is 9. The van der Waals surface area contributed by atoms with Gasteiger partial charge < -0.3 is 0 Å². The van der Waals surface area contributed by atoms with E-state index < -0.39 is 15.8 Å². The number of benzene rings is 4. The van der Waals surface area contributed by atoms with E-state index in [0.717, 1.165) is 0 Å². The molecular formula is C50H48Fe2P2. The molecule has 4 aromatic carbocycles. The van der Waals surface area contributed by atoms with Gasteiger partial charge in [-0.05, 0) is 163 Å². The molecule has 0 heterocycles. The monoisotopic (exact) mass is 822 g/mol. The third-order valence-electron chi connectivity index (χ3n) is 9.53. The smallest absolute Gasteiger partial charge is 0.0000172 e. The molecule has 0 saturated heterocycles. The molecule has 4 aliphatic rings. The molecule has 8 rings (SSSR count). The molecule has 4 saturated carbocycles. The molecule has 0 atom stereocenters. The van der Waals surface area contributed by atoms with E-state index in [9.17, 15) is 0 Å². The summed E-state index contributed by atoms with van der Waals surface area (Å²) in [5.74, 6) is 5.58. The van der Waals surface area contributed by atoms with E-state index >= 15 is 0 Å². The van der Waals surface area contributed by atoms with Gasteiger partial charge in [0, 0.05) is 44.4 Å². The summed E-state index contributed by atoms with van der Waals surface area (Å²) in [5.41, 5.74) is 0. The first-order chi connectivity index (χ1) is 25.4. The fourth-order valence-corrected chi connectivity index (χ4v) is 13.1. The van der Waals surface area contributed by atoms with Gasteiger partial charge in [-0.2, -0.15) is 0 Å². The average Bonchev–Trinajstić information content (AvgIpc) is 4.02. The van der Waals surface area contributed by atoms with Gasteiger partial charge in [0.25, 0.3) is 0 Å². The predicted octanol–water partition coefficient (Wildman–Crippen LogP) is 10.4.